The second-order valence-corrected chi connectivity index (χ2v) is 8.14. The van der Waals surface area contributed by atoms with Crippen molar-refractivity contribution in [3.63, 3.8) is 0 Å². The largest absolute Gasteiger partial charge is 2.00 e. The van der Waals surface area contributed by atoms with E-state index in [9.17, 15) is 36.2 Å². The van der Waals surface area contributed by atoms with Crippen molar-refractivity contribution in [2.75, 3.05) is 13.1 Å². The molecular formula is C16H12CoN2Na2O8S2. The van der Waals surface area contributed by atoms with Crippen LogP contribution in [0.15, 0.2) is 56.2 Å². The number of rotatable bonds is 7. The molecule has 0 spiro atoms. The van der Waals surface area contributed by atoms with Gasteiger partial charge in [0.05, 0.1) is 22.9 Å². The zero-order chi connectivity index (χ0) is 20.9. The Morgan fingerprint density at radius 3 is 1.32 bits per heavy atom. The monoisotopic (exact) mass is 529 g/mol. The Balaban J connectivity index is 0. The first-order valence-corrected chi connectivity index (χ1v) is 10.3. The van der Waals surface area contributed by atoms with E-state index in [1.807, 2.05) is 0 Å². The van der Waals surface area contributed by atoms with Crippen LogP contribution in [-0.2, 0) is 37.0 Å². The zero-order valence-corrected chi connectivity index (χ0v) is 23.0. The van der Waals surface area contributed by atoms with E-state index >= 15 is 0 Å². The van der Waals surface area contributed by atoms with Gasteiger partial charge in [-0.2, -0.15) is 0 Å². The van der Waals surface area contributed by atoms with Gasteiger partial charge in [-0.25, -0.2) is 16.8 Å². The fourth-order valence-corrected chi connectivity index (χ4v) is 3.02. The van der Waals surface area contributed by atoms with Crippen LogP contribution < -0.4 is 69.3 Å². The fraction of sp³-hybridized carbons (Fsp3) is 0.125. The molecule has 0 saturated heterocycles. The predicted molar refractivity (Wildman–Crippen MR) is 92.6 cm³/mol. The number of aliphatic imine (C=N–C) groups is 2. The van der Waals surface area contributed by atoms with E-state index in [1.54, 1.807) is 0 Å². The van der Waals surface area contributed by atoms with E-state index in [4.69, 9.17) is 0 Å². The molecule has 0 fully saturated rings. The summed E-state index contributed by atoms with van der Waals surface area (Å²) in [7, 11) is -9.40. The summed E-state index contributed by atoms with van der Waals surface area (Å²) in [6.07, 6.45) is 2.19. The molecule has 0 amide bonds. The molecule has 0 aliphatic rings. The van der Waals surface area contributed by atoms with Crippen molar-refractivity contribution < 1.29 is 112 Å². The van der Waals surface area contributed by atoms with E-state index in [1.165, 1.54) is 0 Å². The van der Waals surface area contributed by atoms with Crippen molar-refractivity contribution in [1.82, 2.24) is 0 Å². The van der Waals surface area contributed by atoms with Gasteiger partial charge < -0.3 is 19.3 Å². The van der Waals surface area contributed by atoms with Crippen molar-refractivity contribution in [3.05, 3.63) is 47.5 Å². The smallest absolute Gasteiger partial charge is 0.872 e. The first-order chi connectivity index (χ1) is 13.0. The van der Waals surface area contributed by atoms with Crippen molar-refractivity contribution in [1.29, 1.82) is 0 Å². The Labute approximate surface area is 234 Å². The molecule has 0 aliphatic carbocycles. The van der Waals surface area contributed by atoms with Crippen LogP contribution in [0, 0.1) is 0 Å². The Morgan fingerprint density at radius 2 is 1.03 bits per heavy atom. The molecule has 0 bridgehead atoms. The maximum Gasteiger partial charge on any atom is 2.00 e. The molecule has 0 aliphatic heterocycles. The van der Waals surface area contributed by atoms with Gasteiger partial charge in [-0.3, -0.25) is 9.98 Å². The molecular weight excluding hydrogens is 517 g/mol. The van der Waals surface area contributed by atoms with Gasteiger partial charge in [0.1, 0.15) is 20.2 Å². The minimum atomic E-state index is -4.70. The van der Waals surface area contributed by atoms with Crippen LogP contribution in [0.25, 0.3) is 0 Å². The van der Waals surface area contributed by atoms with Gasteiger partial charge in [0, 0.05) is 12.4 Å². The molecule has 2 rings (SSSR count). The van der Waals surface area contributed by atoms with Crippen LogP contribution in [0.2, 0.25) is 0 Å². The van der Waals surface area contributed by atoms with E-state index in [2.05, 4.69) is 9.98 Å². The molecule has 10 nitrogen and oxygen atoms in total. The first-order valence-electron chi connectivity index (χ1n) is 7.52. The van der Waals surface area contributed by atoms with Crippen LogP contribution >= 0.6 is 0 Å². The number of benzene rings is 2. The minimum Gasteiger partial charge on any atom is -0.872 e. The summed E-state index contributed by atoms with van der Waals surface area (Å²) in [6.45, 7) is 0.107. The maximum atomic E-state index is 11.6. The standard InChI is InChI=1S/C16H16N2O8S2.Co.2Na/c19-15-3-1-13(27(21,22)23)7-11(15)9-17-5-6-18-10-12-8-14(28(24,25)26)2-4-16(12)20;;;/h1-4,7-10,19-20H,5-6H2,(H,21,22,23)(H,24,25,26);;;/q;+2;2*+1/p-4. The molecule has 0 saturated carbocycles. The Bertz CT molecular complexity index is 1060. The molecule has 2 aromatic rings. The zero-order valence-electron chi connectivity index (χ0n) is 16.3. The predicted octanol–water partition coefficient (Wildman–Crippen LogP) is -6.81. The average Bonchev–Trinajstić information content (AvgIpc) is 2.58. The van der Waals surface area contributed by atoms with Gasteiger partial charge in [0.15, 0.2) is 0 Å². The summed E-state index contributed by atoms with van der Waals surface area (Å²) >= 11 is 0. The minimum absolute atomic E-state index is 0. The third-order valence-electron chi connectivity index (χ3n) is 3.36. The molecule has 0 aromatic heterocycles. The fourth-order valence-electron chi connectivity index (χ4n) is 2.01. The summed E-state index contributed by atoms with van der Waals surface area (Å²) in [6, 6.07) is 5.52. The van der Waals surface area contributed by atoms with E-state index in [-0.39, 0.29) is 100 Å². The van der Waals surface area contributed by atoms with Gasteiger partial charge in [-0.15, -0.1) is 0 Å². The van der Waals surface area contributed by atoms with Crippen LogP contribution in [0.1, 0.15) is 11.1 Å². The molecule has 157 valence electrons. The SMILES string of the molecule is O=S(=O)([O-])c1ccc([O-])c(C=NCCN=Cc2cc(S(=O)(=O)[O-])ccc2[O-])c1.[Co+2].[Na+].[Na+]. The summed E-state index contributed by atoms with van der Waals surface area (Å²) in [5.41, 5.74) is -0.174. The first kappa shape index (κ1) is 32.9. The second kappa shape index (κ2) is 14.1. The molecule has 0 atom stereocenters. The van der Waals surface area contributed by atoms with Crippen LogP contribution in [0.4, 0.5) is 0 Å². The van der Waals surface area contributed by atoms with Crippen LogP contribution in [-0.4, -0.2) is 51.5 Å². The number of hydrogen-bond donors (Lipinski definition) is 0. The Kier molecular flexibility index (Phi) is 14.9. The molecule has 2 aromatic carbocycles. The van der Waals surface area contributed by atoms with Crippen molar-refractivity contribution >= 4 is 32.7 Å². The van der Waals surface area contributed by atoms with Crippen molar-refractivity contribution in [2.45, 2.75) is 9.79 Å². The quantitative estimate of drug-likeness (QED) is 0.147. The molecule has 0 unspecified atom stereocenters. The van der Waals surface area contributed by atoms with E-state index in [0.717, 1.165) is 48.8 Å². The van der Waals surface area contributed by atoms with Gasteiger partial charge >= 0.3 is 75.9 Å². The van der Waals surface area contributed by atoms with Crippen LogP contribution in [0.5, 0.6) is 11.5 Å². The topological polar surface area (TPSA) is 185 Å². The second-order valence-electron chi connectivity index (χ2n) is 5.38. The Morgan fingerprint density at radius 1 is 0.710 bits per heavy atom. The number of hydrogen-bond acceptors (Lipinski definition) is 10. The van der Waals surface area contributed by atoms with Crippen LogP contribution in [0.3, 0.4) is 0 Å². The van der Waals surface area contributed by atoms with Crippen molar-refractivity contribution in [3.8, 4) is 11.5 Å². The van der Waals surface area contributed by atoms with E-state index < -0.39 is 41.5 Å². The molecule has 0 heterocycles. The molecule has 1 radical (unpaired) electrons. The van der Waals surface area contributed by atoms with Crippen molar-refractivity contribution in [2.24, 2.45) is 9.98 Å². The van der Waals surface area contributed by atoms with Gasteiger partial charge in [-0.1, -0.05) is 23.6 Å². The summed E-state index contributed by atoms with van der Waals surface area (Å²) in [5, 5.41) is 23.3. The summed E-state index contributed by atoms with van der Waals surface area (Å²) in [4.78, 5) is 6.65. The molecule has 31 heavy (non-hydrogen) atoms. The third-order valence-corrected chi connectivity index (χ3v) is 5.02. The average molecular weight is 529 g/mol. The summed E-state index contributed by atoms with van der Waals surface area (Å²) < 4.78 is 65.7. The summed E-state index contributed by atoms with van der Waals surface area (Å²) in [5.74, 6) is -1.04. The van der Waals surface area contributed by atoms with Gasteiger partial charge in [-0.05, 0) is 35.4 Å². The maximum absolute atomic E-state index is 11.6. The van der Waals surface area contributed by atoms with E-state index in [0.29, 0.717) is 0 Å². The third kappa shape index (κ3) is 10.5. The van der Waals surface area contributed by atoms with Gasteiger partial charge in [0.25, 0.3) is 0 Å². The molecule has 0 N–H and O–H groups in total. The molecule has 15 heteroatoms. The normalized spacial score (nSPS) is 11.5. The number of nitrogens with zero attached hydrogens (tertiary/aromatic N) is 2. The van der Waals surface area contributed by atoms with Gasteiger partial charge in [0.2, 0.25) is 0 Å². The Hall–Kier alpha value is -0.294.